The Morgan fingerprint density at radius 2 is 2.17 bits per heavy atom. The van der Waals surface area contributed by atoms with Crippen molar-refractivity contribution in [2.24, 2.45) is 0 Å². The summed E-state index contributed by atoms with van der Waals surface area (Å²) in [6, 6.07) is 0. The topological polar surface area (TPSA) is 60.6 Å². The van der Waals surface area contributed by atoms with Gasteiger partial charge >= 0.3 is 5.97 Å². The molecule has 2 fully saturated rings. The van der Waals surface area contributed by atoms with Crippen molar-refractivity contribution in [1.82, 2.24) is 0 Å². The van der Waals surface area contributed by atoms with Crippen molar-refractivity contribution in [3.63, 3.8) is 0 Å². The van der Waals surface area contributed by atoms with E-state index >= 15 is 0 Å². The van der Waals surface area contributed by atoms with E-state index in [1.54, 1.807) is 0 Å². The number of ether oxygens (including phenoxy) is 4. The van der Waals surface area contributed by atoms with Gasteiger partial charge in [-0.1, -0.05) is 20.4 Å². The molecule has 2 saturated heterocycles. The van der Waals surface area contributed by atoms with E-state index in [1.165, 1.54) is 0 Å². The zero-order valence-corrected chi connectivity index (χ0v) is 10.9. The fourth-order valence-corrected chi connectivity index (χ4v) is 1.82. The van der Waals surface area contributed by atoms with Gasteiger partial charge in [0, 0.05) is 6.08 Å². The molecule has 0 saturated carbocycles. The van der Waals surface area contributed by atoms with E-state index in [2.05, 4.69) is 13.5 Å². The van der Waals surface area contributed by atoms with Gasteiger partial charge in [-0.05, 0) is 12.8 Å². The van der Waals surface area contributed by atoms with E-state index in [0.29, 0.717) is 13.2 Å². The number of rotatable bonds is 8. The first-order valence-corrected chi connectivity index (χ1v) is 6.32. The molecule has 18 heavy (non-hydrogen) atoms. The molecule has 0 aliphatic carbocycles. The SMILES string of the molecule is C=CC(=O)OC1OC1(CC)COCC1(CC)CO1. The molecule has 3 atom stereocenters. The first-order chi connectivity index (χ1) is 8.60. The van der Waals surface area contributed by atoms with Crippen molar-refractivity contribution in [3.05, 3.63) is 12.7 Å². The fraction of sp³-hybridized carbons (Fsp3) is 0.769. The van der Waals surface area contributed by atoms with Crippen LogP contribution < -0.4 is 0 Å². The van der Waals surface area contributed by atoms with E-state index in [1.807, 2.05) is 6.92 Å². The highest BCUT2D eigenvalue weighted by Gasteiger charge is 2.59. The van der Waals surface area contributed by atoms with Gasteiger partial charge in [-0.25, -0.2) is 4.79 Å². The summed E-state index contributed by atoms with van der Waals surface area (Å²) >= 11 is 0. The van der Waals surface area contributed by atoms with Crippen LogP contribution in [0.3, 0.4) is 0 Å². The minimum absolute atomic E-state index is 0.0862. The number of epoxide rings is 2. The molecule has 2 aliphatic rings. The number of carbonyl (C=O) groups excluding carboxylic acids is 1. The predicted octanol–water partition coefficient (Wildman–Crippen LogP) is 1.42. The molecule has 0 spiro atoms. The van der Waals surface area contributed by atoms with Gasteiger partial charge in [0.05, 0.1) is 19.8 Å². The molecular formula is C13H20O5. The summed E-state index contributed by atoms with van der Waals surface area (Å²) in [7, 11) is 0. The van der Waals surface area contributed by atoms with Crippen molar-refractivity contribution in [3.8, 4) is 0 Å². The van der Waals surface area contributed by atoms with Gasteiger partial charge in [0.2, 0.25) is 6.29 Å². The molecule has 0 bridgehead atoms. The lowest BCUT2D eigenvalue weighted by Crippen LogP contribution is -2.28. The van der Waals surface area contributed by atoms with Crippen molar-refractivity contribution in [2.45, 2.75) is 44.2 Å². The van der Waals surface area contributed by atoms with Crippen LogP contribution in [0.25, 0.3) is 0 Å². The molecule has 3 unspecified atom stereocenters. The highest BCUT2D eigenvalue weighted by molar-refractivity contribution is 5.81. The summed E-state index contributed by atoms with van der Waals surface area (Å²) in [6.07, 6.45) is 2.31. The standard InChI is InChI=1S/C13H20O5/c1-4-10(14)17-11-13(6-3,18-11)9-15-7-12(5-2)8-16-12/h4,11H,1,5-9H2,2-3H3. The summed E-state index contributed by atoms with van der Waals surface area (Å²) in [6.45, 7) is 9.16. The Balaban J connectivity index is 1.73. The van der Waals surface area contributed by atoms with E-state index in [4.69, 9.17) is 18.9 Å². The highest BCUT2D eigenvalue weighted by atomic mass is 16.8. The Morgan fingerprint density at radius 1 is 1.44 bits per heavy atom. The quantitative estimate of drug-likeness (QED) is 0.373. The van der Waals surface area contributed by atoms with Crippen molar-refractivity contribution >= 4 is 5.97 Å². The third-order valence-electron chi connectivity index (χ3n) is 3.61. The number of esters is 1. The molecule has 5 nitrogen and oxygen atoms in total. The molecule has 5 heteroatoms. The highest BCUT2D eigenvalue weighted by Crippen LogP contribution is 2.41. The third-order valence-corrected chi connectivity index (χ3v) is 3.61. The van der Waals surface area contributed by atoms with Crippen LogP contribution in [-0.4, -0.2) is 43.3 Å². The van der Waals surface area contributed by atoms with Crippen molar-refractivity contribution in [2.75, 3.05) is 19.8 Å². The molecule has 102 valence electrons. The number of hydrogen-bond acceptors (Lipinski definition) is 5. The normalized spacial score (nSPS) is 37.1. The summed E-state index contributed by atoms with van der Waals surface area (Å²) in [5.41, 5.74) is -0.570. The van der Waals surface area contributed by atoms with Crippen molar-refractivity contribution < 1.29 is 23.7 Å². The van der Waals surface area contributed by atoms with Crippen LogP contribution in [0.15, 0.2) is 12.7 Å². The van der Waals surface area contributed by atoms with Crippen LogP contribution in [0.2, 0.25) is 0 Å². The van der Waals surface area contributed by atoms with Crippen LogP contribution in [0.4, 0.5) is 0 Å². The summed E-state index contributed by atoms with van der Waals surface area (Å²) < 4.78 is 21.5. The molecular weight excluding hydrogens is 236 g/mol. The lowest BCUT2D eigenvalue weighted by molar-refractivity contribution is -0.142. The van der Waals surface area contributed by atoms with Gasteiger partial charge in [-0.2, -0.15) is 0 Å². The second-order valence-corrected chi connectivity index (χ2v) is 4.83. The molecule has 0 N–H and O–H groups in total. The lowest BCUT2D eigenvalue weighted by Gasteiger charge is -2.13. The maximum absolute atomic E-state index is 11.1. The average Bonchev–Trinajstić information content (AvgIpc) is 3.28. The average molecular weight is 256 g/mol. The monoisotopic (exact) mass is 256 g/mol. The van der Waals surface area contributed by atoms with Gasteiger partial charge in [0.1, 0.15) is 5.60 Å². The Hall–Kier alpha value is -0.910. The molecule has 0 amide bonds. The number of carbonyl (C=O) groups is 1. The van der Waals surface area contributed by atoms with Gasteiger partial charge < -0.3 is 18.9 Å². The first kappa shape index (κ1) is 13.5. The van der Waals surface area contributed by atoms with E-state index in [0.717, 1.165) is 25.5 Å². The second-order valence-electron chi connectivity index (χ2n) is 4.83. The maximum atomic E-state index is 11.1. The molecule has 0 aromatic rings. The molecule has 2 rings (SSSR count). The van der Waals surface area contributed by atoms with Gasteiger partial charge in [-0.3, -0.25) is 0 Å². The first-order valence-electron chi connectivity index (χ1n) is 6.32. The molecule has 0 aromatic carbocycles. The molecule has 0 aromatic heterocycles. The Bertz CT molecular complexity index is 336. The van der Waals surface area contributed by atoms with E-state index in [9.17, 15) is 4.79 Å². The molecule has 0 radical (unpaired) electrons. The van der Waals surface area contributed by atoms with E-state index in [-0.39, 0.29) is 5.60 Å². The summed E-state index contributed by atoms with van der Waals surface area (Å²) in [5.74, 6) is -0.467. The largest absolute Gasteiger partial charge is 0.429 e. The van der Waals surface area contributed by atoms with Gasteiger partial charge in [0.15, 0.2) is 5.60 Å². The zero-order chi connectivity index (χ0) is 13.2. The summed E-state index contributed by atoms with van der Waals surface area (Å²) in [4.78, 5) is 11.1. The summed E-state index contributed by atoms with van der Waals surface area (Å²) in [5, 5.41) is 0. The molecule has 2 aliphatic heterocycles. The van der Waals surface area contributed by atoms with Gasteiger partial charge in [0.25, 0.3) is 0 Å². The van der Waals surface area contributed by atoms with Crippen LogP contribution in [0.5, 0.6) is 0 Å². The zero-order valence-electron chi connectivity index (χ0n) is 10.9. The predicted molar refractivity (Wildman–Crippen MR) is 64.0 cm³/mol. The second kappa shape index (κ2) is 4.99. The van der Waals surface area contributed by atoms with Crippen LogP contribution in [0, 0.1) is 0 Å². The Labute approximate surface area is 107 Å². The minimum atomic E-state index is -0.509. The third kappa shape index (κ3) is 2.74. The van der Waals surface area contributed by atoms with Crippen LogP contribution in [-0.2, 0) is 23.7 Å². The Kier molecular flexibility index (Phi) is 3.75. The van der Waals surface area contributed by atoms with Crippen molar-refractivity contribution in [1.29, 1.82) is 0 Å². The Morgan fingerprint density at radius 3 is 2.67 bits per heavy atom. The van der Waals surface area contributed by atoms with Crippen LogP contribution >= 0.6 is 0 Å². The fourth-order valence-electron chi connectivity index (χ4n) is 1.82. The lowest BCUT2D eigenvalue weighted by atomic mass is 10.1. The van der Waals surface area contributed by atoms with Crippen LogP contribution in [0.1, 0.15) is 26.7 Å². The maximum Gasteiger partial charge on any atom is 0.332 e. The number of hydrogen-bond donors (Lipinski definition) is 0. The van der Waals surface area contributed by atoms with Gasteiger partial charge in [-0.15, -0.1) is 0 Å². The minimum Gasteiger partial charge on any atom is -0.429 e. The smallest absolute Gasteiger partial charge is 0.332 e. The molecule has 2 heterocycles. The van der Waals surface area contributed by atoms with E-state index < -0.39 is 17.9 Å².